The van der Waals surface area contributed by atoms with Gasteiger partial charge in [-0.15, -0.1) is 0 Å². The highest BCUT2D eigenvalue weighted by Crippen LogP contribution is 2.00. The summed E-state index contributed by atoms with van der Waals surface area (Å²) in [7, 11) is 0. The molecule has 1 aromatic rings. The van der Waals surface area contributed by atoms with E-state index in [0.717, 1.165) is 12.2 Å². The van der Waals surface area contributed by atoms with E-state index in [-0.39, 0.29) is 0 Å². The van der Waals surface area contributed by atoms with Crippen LogP contribution in [-0.2, 0) is 0 Å². The zero-order valence-corrected chi connectivity index (χ0v) is 8.78. The Morgan fingerprint density at radius 2 is 2.23 bits per heavy atom. The van der Waals surface area contributed by atoms with Gasteiger partial charge in [0.05, 0.1) is 0 Å². The van der Waals surface area contributed by atoms with Crippen LogP contribution in [0.4, 0.5) is 0 Å². The molecule has 0 spiro atoms. The summed E-state index contributed by atoms with van der Waals surface area (Å²) in [6.45, 7) is 9.11. The molecule has 1 rings (SSSR count). The van der Waals surface area contributed by atoms with Crippen LogP contribution in [0.3, 0.4) is 0 Å². The van der Waals surface area contributed by atoms with E-state index in [0.29, 0.717) is 6.04 Å². The summed E-state index contributed by atoms with van der Waals surface area (Å²) in [6.07, 6.45) is 3.94. The van der Waals surface area contributed by atoms with Gasteiger partial charge in [-0.1, -0.05) is 0 Å². The second-order valence-electron chi connectivity index (χ2n) is 3.41. The normalized spacial score (nSPS) is 12.5. The summed E-state index contributed by atoms with van der Waals surface area (Å²) < 4.78 is 2.10. The molecule has 0 saturated carbocycles. The lowest BCUT2D eigenvalue weighted by Crippen LogP contribution is -2.26. The molecule has 0 amide bonds. The topological polar surface area (TPSA) is 30.2 Å². The summed E-state index contributed by atoms with van der Waals surface area (Å²) in [6, 6.07) is 0.415. The van der Waals surface area contributed by atoms with Crippen molar-refractivity contribution in [3.05, 3.63) is 23.6 Å². The highest BCUT2D eigenvalue weighted by atomic mass is 15.1. The molecular formula is C10H17N3. The molecule has 0 radical (unpaired) electrons. The van der Waals surface area contributed by atoms with Gasteiger partial charge in [0.15, 0.2) is 0 Å². The summed E-state index contributed by atoms with van der Waals surface area (Å²) >= 11 is 0. The zero-order chi connectivity index (χ0) is 9.84. The zero-order valence-electron chi connectivity index (χ0n) is 8.78. The predicted molar refractivity (Wildman–Crippen MR) is 53.5 cm³/mol. The fourth-order valence-corrected chi connectivity index (χ4v) is 1.18. The summed E-state index contributed by atoms with van der Waals surface area (Å²) in [5, 5.41) is 0. The van der Waals surface area contributed by atoms with Crippen LogP contribution in [0.1, 0.15) is 32.4 Å². The molecule has 0 N–H and O–H groups in total. The molecule has 3 heteroatoms. The number of aryl methyl sites for hydroxylation is 1. The van der Waals surface area contributed by atoms with Gasteiger partial charge in [0.25, 0.3) is 0 Å². The van der Waals surface area contributed by atoms with Crippen LogP contribution in [0.2, 0.25) is 0 Å². The van der Waals surface area contributed by atoms with Crippen LogP contribution in [0.5, 0.6) is 0 Å². The van der Waals surface area contributed by atoms with Gasteiger partial charge in [0, 0.05) is 25.0 Å². The Morgan fingerprint density at radius 1 is 1.54 bits per heavy atom. The lowest BCUT2D eigenvalue weighted by atomic mass is 10.3. The van der Waals surface area contributed by atoms with Crippen molar-refractivity contribution in [1.82, 2.24) is 9.55 Å². The van der Waals surface area contributed by atoms with Crippen molar-refractivity contribution in [2.45, 2.75) is 33.7 Å². The molecule has 0 fully saturated rings. The molecule has 1 heterocycles. The molecule has 72 valence electrons. The van der Waals surface area contributed by atoms with E-state index in [1.807, 2.05) is 20.0 Å². The van der Waals surface area contributed by atoms with Gasteiger partial charge in [-0.3, -0.25) is 4.99 Å². The third kappa shape index (κ3) is 2.41. The van der Waals surface area contributed by atoms with Gasteiger partial charge in [0.2, 0.25) is 5.62 Å². The summed E-state index contributed by atoms with van der Waals surface area (Å²) in [5.74, 6) is 0. The minimum atomic E-state index is 0.415. The van der Waals surface area contributed by atoms with E-state index in [1.54, 1.807) is 0 Å². The maximum absolute atomic E-state index is 4.32. The molecule has 0 saturated heterocycles. The Kier molecular flexibility index (Phi) is 3.23. The number of hydrogen-bond acceptors (Lipinski definition) is 2. The standard InChI is InChI=1S/C10H17N3/c1-5-11-10-12-6-9(4)7-13(10)8(2)3/h6-8H,5H2,1-4H3. The highest BCUT2D eigenvalue weighted by molar-refractivity contribution is 5.00. The number of nitrogens with zero attached hydrogens (tertiary/aromatic N) is 3. The van der Waals surface area contributed by atoms with Gasteiger partial charge in [-0.2, -0.15) is 0 Å². The van der Waals surface area contributed by atoms with Gasteiger partial charge in [0.1, 0.15) is 0 Å². The average Bonchev–Trinajstić information content (AvgIpc) is 2.08. The number of hydrogen-bond donors (Lipinski definition) is 0. The van der Waals surface area contributed by atoms with Crippen LogP contribution in [0.25, 0.3) is 0 Å². The third-order valence-electron chi connectivity index (χ3n) is 1.81. The fraction of sp³-hybridized carbons (Fsp3) is 0.600. The molecule has 1 aromatic heterocycles. The minimum Gasteiger partial charge on any atom is -0.315 e. The maximum atomic E-state index is 4.32. The Morgan fingerprint density at radius 3 is 2.77 bits per heavy atom. The third-order valence-corrected chi connectivity index (χ3v) is 1.81. The van der Waals surface area contributed by atoms with Crippen molar-refractivity contribution in [3.8, 4) is 0 Å². The van der Waals surface area contributed by atoms with Gasteiger partial charge in [-0.05, 0) is 33.3 Å². The smallest absolute Gasteiger partial charge is 0.224 e. The second-order valence-corrected chi connectivity index (χ2v) is 3.41. The Balaban J connectivity index is 3.27. The average molecular weight is 179 g/mol. The monoisotopic (exact) mass is 179 g/mol. The van der Waals surface area contributed by atoms with Crippen LogP contribution < -0.4 is 5.62 Å². The molecule has 3 nitrogen and oxygen atoms in total. The van der Waals surface area contributed by atoms with E-state index >= 15 is 0 Å². The second kappa shape index (κ2) is 4.21. The quantitative estimate of drug-likeness (QED) is 0.679. The molecular weight excluding hydrogens is 162 g/mol. The molecule has 0 aromatic carbocycles. The van der Waals surface area contributed by atoms with Crippen LogP contribution in [0.15, 0.2) is 17.4 Å². The first kappa shape index (κ1) is 9.96. The van der Waals surface area contributed by atoms with Crippen LogP contribution >= 0.6 is 0 Å². The molecule has 0 aliphatic heterocycles. The number of aromatic nitrogens is 2. The van der Waals surface area contributed by atoms with Crippen molar-refractivity contribution in [3.63, 3.8) is 0 Å². The Bertz CT molecular complexity index is 336. The summed E-state index contributed by atoms with van der Waals surface area (Å²) in [5.41, 5.74) is 1.99. The molecule has 0 atom stereocenters. The number of rotatable bonds is 2. The first-order valence-electron chi connectivity index (χ1n) is 4.70. The molecule has 0 aliphatic rings. The lowest BCUT2D eigenvalue weighted by Gasteiger charge is -2.11. The van der Waals surface area contributed by atoms with Crippen LogP contribution in [-0.4, -0.2) is 16.1 Å². The van der Waals surface area contributed by atoms with Gasteiger partial charge < -0.3 is 4.57 Å². The molecule has 13 heavy (non-hydrogen) atoms. The minimum absolute atomic E-state index is 0.415. The predicted octanol–water partition coefficient (Wildman–Crippen LogP) is 1.69. The molecule has 0 bridgehead atoms. The largest absolute Gasteiger partial charge is 0.315 e. The van der Waals surface area contributed by atoms with Gasteiger partial charge in [-0.25, -0.2) is 4.98 Å². The van der Waals surface area contributed by atoms with Gasteiger partial charge >= 0.3 is 0 Å². The Hall–Kier alpha value is -1.12. The maximum Gasteiger partial charge on any atom is 0.224 e. The van der Waals surface area contributed by atoms with E-state index in [4.69, 9.17) is 0 Å². The fourth-order valence-electron chi connectivity index (χ4n) is 1.18. The molecule has 0 aliphatic carbocycles. The van der Waals surface area contributed by atoms with Crippen molar-refractivity contribution < 1.29 is 0 Å². The van der Waals surface area contributed by atoms with Crippen molar-refractivity contribution in [2.24, 2.45) is 4.99 Å². The molecule has 0 unspecified atom stereocenters. The van der Waals surface area contributed by atoms with Crippen molar-refractivity contribution in [1.29, 1.82) is 0 Å². The van der Waals surface area contributed by atoms with Crippen LogP contribution in [0, 0.1) is 6.92 Å². The first-order chi connectivity index (χ1) is 6.15. The van der Waals surface area contributed by atoms with Crippen molar-refractivity contribution in [2.75, 3.05) is 6.54 Å². The summed E-state index contributed by atoms with van der Waals surface area (Å²) in [4.78, 5) is 8.61. The lowest BCUT2D eigenvalue weighted by molar-refractivity contribution is 0.547. The Labute approximate surface area is 79.2 Å². The SMILES string of the molecule is CCN=c1ncc(C)cn1C(C)C. The van der Waals surface area contributed by atoms with E-state index < -0.39 is 0 Å². The van der Waals surface area contributed by atoms with E-state index in [1.165, 1.54) is 5.56 Å². The van der Waals surface area contributed by atoms with E-state index in [9.17, 15) is 0 Å². The first-order valence-corrected chi connectivity index (χ1v) is 4.70. The highest BCUT2D eigenvalue weighted by Gasteiger charge is 1.98. The van der Waals surface area contributed by atoms with Crippen molar-refractivity contribution >= 4 is 0 Å². The van der Waals surface area contributed by atoms with E-state index in [2.05, 4.69) is 34.6 Å².